The molecule has 61 heavy (non-hydrogen) atoms. The van der Waals surface area contributed by atoms with E-state index in [1.165, 1.54) is 11.1 Å². The van der Waals surface area contributed by atoms with Crippen LogP contribution in [-0.2, 0) is 12.8 Å². The first-order valence-electron chi connectivity index (χ1n) is 20.6. The molecule has 0 aliphatic heterocycles. The fraction of sp³-hybridized carbons (Fsp3) is 0.224. The molecule has 0 fully saturated rings. The van der Waals surface area contributed by atoms with Crippen molar-refractivity contribution in [2.45, 2.75) is 51.5 Å². The number of anilines is 2. The maximum Gasteiger partial charge on any atom is 0.331 e. The smallest absolute Gasteiger partial charge is 0.331 e. The Morgan fingerprint density at radius 1 is 0.639 bits per heavy atom. The molecule has 0 unspecified atom stereocenters. The summed E-state index contributed by atoms with van der Waals surface area (Å²) in [7, 11) is 3.22. The Kier molecular flexibility index (Phi) is 12.7. The molecular formula is C49H47N9O3. The highest BCUT2D eigenvalue weighted by molar-refractivity contribution is 6.03. The maximum absolute atomic E-state index is 15.4. The highest BCUT2D eigenvalue weighted by atomic mass is 16.5. The van der Waals surface area contributed by atoms with Crippen LogP contribution in [0.4, 0.5) is 16.4 Å². The van der Waals surface area contributed by atoms with Crippen LogP contribution in [0.1, 0.15) is 43.7 Å². The molecule has 5 aromatic heterocycles. The molecule has 0 aliphatic rings. The first kappa shape index (κ1) is 40.4. The molecule has 2 amide bonds. The van der Waals surface area contributed by atoms with E-state index in [1.807, 2.05) is 66.7 Å². The molecule has 0 N–H and O–H groups in total. The van der Waals surface area contributed by atoms with Gasteiger partial charge in [-0.15, -0.1) is 0 Å². The number of pyridine rings is 3. The summed E-state index contributed by atoms with van der Waals surface area (Å²) in [6, 6.07) is 37.1. The summed E-state index contributed by atoms with van der Waals surface area (Å²) in [5, 5.41) is 0. The molecule has 5 heterocycles. The van der Waals surface area contributed by atoms with Gasteiger partial charge in [0.2, 0.25) is 0 Å². The number of nitrogens with zero attached hydrogens (tertiary/aromatic N) is 9. The van der Waals surface area contributed by atoms with Gasteiger partial charge in [-0.1, -0.05) is 60.7 Å². The number of rotatable bonds is 16. The number of carbonyl (C=O) groups is 1. The lowest BCUT2D eigenvalue weighted by atomic mass is 10.0. The second-order valence-corrected chi connectivity index (χ2v) is 14.8. The zero-order valence-corrected chi connectivity index (χ0v) is 34.6. The van der Waals surface area contributed by atoms with Gasteiger partial charge >= 0.3 is 6.03 Å². The average Bonchev–Trinajstić information content (AvgIpc) is 3.31. The summed E-state index contributed by atoms with van der Waals surface area (Å²) in [6.45, 7) is 2.49. The van der Waals surface area contributed by atoms with Crippen LogP contribution in [0, 0.1) is 0 Å². The second kappa shape index (κ2) is 19.2. The minimum Gasteiger partial charge on any atom is -0.497 e. The normalized spacial score (nSPS) is 11.7. The number of amides is 2. The second-order valence-electron chi connectivity index (χ2n) is 14.8. The molecule has 12 nitrogen and oxygen atoms in total. The molecule has 1 atom stereocenters. The van der Waals surface area contributed by atoms with E-state index in [-0.39, 0.29) is 12.1 Å². The van der Waals surface area contributed by atoms with Crippen molar-refractivity contribution in [1.29, 1.82) is 0 Å². The van der Waals surface area contributed by atoms with Crippen molar-refractivity contribution < 1.29 is 14.3 Å². The van der Waals surface area contributed by atoms with Gasteiger partial charge in [0.15, 0.2) is 11.3 Å². The lowest BCUT2D eigenvalue weighted by Crippen LogP contribution is -2.49. The summed E-state index contributed by atoms with van der Waals surface area (Å²) in [5.74, 6) is 2.20. The molecule has 0 saturated heterocycles. The van der Waals surface area contributed by atoms with Crippen molar-refractivity contribution in [3.05, 3.63) is 151 Å². The van der Waals surface area contributed by atoms with E-state index in [2.05, 4.69) is 65.4 Å². The molecular weight excluding hydrogens is 763 g/mol. The molecule has 0 saturated carbocycles. The van der Waals surface area contributed by atoms with Gasteiger partial charge in [0.05, 0.1) is 38.0 Å². The molecule has 12 heteroatoms. The Morgan fingerprint density at radius 3 is 1.93 bits per heavy atom. The third-order valence-electron chi connectivity index (χ3n) is 10.7. The molecule has 3 aromatic carbocycles. The summed E-state index contributed by atoms with van der Waals surface area (Å²) in [5.41, 5.74) is 7.44. The summed E-state index contributed by atoms with van der Waals surface area (Å²) < 4.78 is 11.1. The lowest BCUT2D eigenvalue weighted by Gasteiger charge is -2.34. The SMILES string of the molecule is COc1ccc(-c2cnc3ccc(N(CCCCc4ccccc4)C(=O)N(c4ccc5ncc(-c6ccncc6)nc5n4)[C@H](C)CCCc4ccccc4)nc3n2)c(OC)c1. The number of aryl methyl sites for hydroxylation is 2. The van der Waals surface area contributed by atoms with Crippen LogP contribution < -0.4 is 19.3 Å². The number of ether oxygens (including phenoxy) is 2. The van der Waals surface area contributed by atoms with Crippen molar-refractivity contribution in [2.24, 2.45) is 0 Å². The van der Waals surface area contributed by atoms with Crippen LogP contribution in [0.15, 0.2) is 140 Å². The predicted molar refractivity (Wildman–Crippen MR) is 240 cm³/mol. The minimum absolute atomic E-state index is 0.237. The maximum atomic E-state index is 15.4. The first-order chi connectivity index (χ1) is 30.0. The predicted octanol–water partition coefficient (Wildman–Crippen LogP) is 9.98. The zero-order valence-electron chi connectivity index (χ0n) is 34.6. The van der Waals surface area contributed by atoms with E-state index < -0.39 is 0 Å². The van der Waals surface area contributed by atoms with Gasteiger partial charge in [0.25, 0.3) is 0 Å². The number of carbonyl (C=O) groups excluding carboxylic acids is 1. The van der Waals surface area contributed by atoms with Crippen LogP contribution in [0.25, 0.3) is 44.8 Å². The van der Waals surface area contributed by atoms with Crippen molar-refractivity contribution in [1.82, 2.24) is 34.9 Å². The van der Waals surface area contributed by atoms with E-state index in [0.29, 0.717) is 63.4 Å². The van der Waals surface area contributed by atoms with E-state index in [4.69, 9.17) is 34.4 Å². The average molecular weight is 810 g/mol. The molecule has 306 valence electrons. The number of fused-ring (bicyclic) bond motifs is 2. The van der Waals surface area contributed by atoms with E-state index in [9.17, 15) is 0 Å². The Balaban J connectivity index is 1.17. The monoisotopic (exact) mass is 809 g/mol. The highest BCUT2D eigenvalue weighted by Gasteiger charge is 2.30. The first-order valence-corrected chi connectivity index (χ1v) is 20.6. The number of benzene rings is 3. The Labute approximate surface area is 355 Å². The number of hydrogen-bond donors (Lipinski definition) is 0. The molecule has 8 rings (SSSR count). The lowest BCUT2D eigenvalue weighted by molar-refractivity contribution is 0.248. The zero-order chi connectivity index (χ0) is 42.0. The van der Waals surface area contributed by atoms with Crippen LogP contribution in [0.2, 0.25) is 0 Å². The van der Waals surface area contributed by atoms with Crippen LogP contribution >= 0.6 is 0 Å². The summed E-state index contributed by atoms with van der Waals surface area (Å²) >= 11 is 0. The molecule has 0 radical (unpaired) electrons. The third kappa shape index (κ3) is 9.60. The van der Waals surface area contributed by atoms with Gasteiger partial charge in [-0.25, -0.2) is 24.7 Å². The van der Waals surface area contributed by atoms with Crippen LogP contribution in [0.5, 0.6) is 11.5 Å². The number of aromatic nitrogens is 7. The largest absolute Gasteiger partial charge is 0.497 e. The Bertz CT molecular complexity index is 2720. The van der Waals surface area contributed by atoms with E-state index in [1.54, 1.807) is 48.8 Å². The topological polar surface area (TPSA) is 132 Å². The van der Waals surface area contributed by atoms with Crippen molar-refractivity contribution in [3.8, 4) is 34.0 Å². The Morgan fingerprint density at radius 2 is 1.26 bits per heavy atom. The van der Waals surface area contributed by atoms with Crippen LogP contribution in [-0.4, -0.2) is 67.7 Å². The number of methoxy groups -OCH3 is 2. The van der Waals surface area contributed by atoms with Gasteiger partial charge < -0.3 is 9.47 Å². The molecule has 0 bridgehead atoms. The highest BCUT2D eigenvalue weighted by Crippen LogP contribution is 2.33. The standard InChI is InChI=1S/C49H47N9O3/c1-34(13-12-19-36-16-8-5-9-17-36)58(46-25-23-41-47(56-46)53-42(32-51-41)37-26-28-50-29-27-37)49(59)57(30-11-10-18-35-14-6-4-7-15-35)45-24-22-40-48(55-45)54-43(33-52-40)39-21-20-38(60-2)31-44(39)61-3/h4-9,14-17,20-29,31-34H,10-13,18-19,30H2,1-3H3/t34-/m1/s1. The van der Waals surface area contributed by atoms with Crippen molar-refractivity contribution in [2.75, 3.05) is 30.6 Å². The molecule has 0 aliphatic carbocycles. The van der Waals surface area contributed by atoms with Gasteiger partial charge in [-0.05, 0) is 105 Å². The Hall–Kier alpha value is -7.34. The summed E-state index contributed by atoms with van der Waals surface area (Å²) in [4.78, 5) is 52.4. The van der Waals surface area contributed by atoms with Crippen LogP contribution in [0.3, 0.4) is 0 Å². The summed E-state index contributed by atoms with van der Waals surface area (Å²) in [6.07, 6.45) is 11.9. The fourth-order valence-electron chi connectivity index (χ4n) is 7.43. The minimum atomic E-state index is -0.246. The molecule has 0 spiro atoms. The van der Waals surface area contributed by atoms with Gasteiger partial charge in [0.1, 0.15) is 34.2 Å². The third-order valence-corrected chi connectivity index (χ3v) is 10.7. The molecule has 8 aromatic rings. The van der Waals surface area contributed by atoms with Crippen molar-refractivity contribution >= 4 is 40.0 Å². The van der Waals surface area contributed by atoms with Crippen molar-refractivity contribution in [3.63, 3.8) is 0 Å². The van der Waals surface area contributed by atoms with E-state index in [0.717, 1.165) is 49.7 Å². The number of hydrogen-bond acceptors (Lipinski definition) is 10. The fourth-order valence-corrected chi connectivity index (χ4v) is 7.43. The quantitative estimate of drug-likeness (QED) is 0.0869. The van der Waals surface area contributed by atoms with Gasteiger partial charge in [-0.2, -0.15) is 0 Å². The van der Waals surface area contributed by atoms with E-state index >= 15 is 4.79 Å². The van der Waals surface area contributed by atoms with Gasteiger partial charge in [-0.3, -0.25) is 24.8 Å². The number of unbranched alkanes of at least 4 members (excludes halogenated alkanes) is 1. The van der Waals surface area contributed by atoms with Gasteiger partial charge in [0, 0.05) is 42.2 Å². The number of urea groups is 1.